The minimum Gasteiger partial charge on any atom is -0.489 e. The number of benzene rings is 2. The molecular formula is C20H22O5. The summed E-state index contributed by atoms with van der Waals surface area (Å²) in [5.74, 6) is -2.94. The molecule has 0 spiro atoms. The van der Waals surface area contributed by atoms with E-state index in [4.69, 9.17) is 9.47 Å². The Labute approximate surface area is 147 Å². The van der Waals surface area contributed by atoms with Gasteiger partial charge in [-0.2, -0.15) is 0 Å². The molecule has 5 nitrogen and oxygen atoms in total. The Morgan fingerprint density at radius 1 is 1.04 bits per heavy atom. The Bertz CT molecular complexity index is 694. The van der Waals surface area contributed by atoms with Crippen molar-refractivity contribution in [2.45, 2.75) is 26.4 Å². The van der Waals surface area contributed by atoms with Gasteiger partial charge < -0.3 is 14.6 Å². The molecule has 1 N–H and O–H groups in total. The van der Waals surface area contributed by atoms with Crippen LogP contribution in [0.3, 0.4) is 0 Å². The quantitative estimate of drug-likeness (QED) is 0.586. The predicted molar refractivity (Wildman–Crippen MR) is 93.4 cm³/mol. The highest BCUT2D eigenvalue weighted by molar-refractivity contribution is 5.95. The molecule has 0 bridgehead atoms. The lowest BCUT2D eigenvalue weighted by atomic mass is 9.87. The minimum atomic E-state index is -1.23. The van der Waals surface area contributed by atoms with E-state index in [1.54, 1.807) is 38.1 Å². The predicted octanol–water partition coefficient (Wildman–Crippen LogP) is 3.63. The molecule has 2 rings (SSSR count). The second-order valence-corrected chi connectivity index (χ2v) is 5.70. The van der Waals surface area contributed by atoms with Gasteiger partial charge in [-0.25, -0.2) is 0 Å². The molecule has 0 fully saturated rings. The molecule has 2 unspecified atom stereocenters. The molecule has 0 heterocycles. The maximum atomic E-state index is 11.9. The minimum absolute atomic E-state index is 0.154. The molecule has 2 aromatic carbocycles. The summed E-state index contributed by atoms with van der Waals surface area (Å²) in [6, 6.07) is 16.9. The lowest BCUT2D eigenvalue weighted by Gasteiger charge is -2.19. The first-order valence-electron chi connectivity index (χ1n) is 8.19. The third-order valence-corrected chi connectivity index (χ3v) is 3.96. The highest BCUT2D eigenvalue weighted by Crippen LogP contribution is 2.27. The number of ether oxygens (including phenoxy) is 2. The largest absolute Gasteiger partial charge is 0.489 e. The summed E-state index contributed by atoms with van der Waals surface area (Å²) in [6.07, 6.45) is 0. The van der Waals surface area contributed by atoms with E-state index in [1.807, 2.05) is 30.3 Å². The van der Waals surface area contributed by atoms with E-state index in [0.29, 0.717) is 12.4 Å². The number of carboxylic acid groups (broad SMARTS) is 1. The molecule has 2 aromatic rings. The lowest BCUT2D eigenvalue weighted by Crippen LogP contribution is -2.30. The van der Waals surface area contributed by atoms with Crippen LogP contribution in [-0.4, -0.2) is 23.7 Å². The Morgan fingerprint density at radius 3 is 2.24 bits per heavy atom. The number of carbonyl (C=O) groups excluding carboxylic acids is 1. The van der Waals surface area contributed by atoms with Crippen LogP contribution in [0.1, 0.15) is 30.9 Å². The molecule has 25 heavy (non-hydrogen) atoms. The Kier molecular flexibility index (Phi) is 6.57. The summed E-state index contributed by atoms with van der Waals surface area (Å²) >= 11 is 0. The second kappa shape index (κ2) is 8.87. The van der Waals surface area contributed by atoms with Gasteiger partial charge in [0.15, 0.2) is 5.92 Å². The van der Waals surface area contributed by atoms with Gasteiger partial charge in [0, 0.05) is 5.92 Å². The van der Waals surface area contributed by atoms with E-state index < -0.39 is 23.8 Å². The first-order valence-corrected chi connectivity index (χ1v) is 8.19. The van der Waals surface area contributed by atoms with Gasteiger partial charge in [0.05, 0.1) is 6.61 Å². The number of hydrogen-bond acceptors (Lipinski definition) is 4. The molecular weight excluding hydrogens is 320 g/mol. The van der Waals surface area contributed by atoms with E-state index in [9.17, 15) is 14.7 Å². The van der Waals surface area contributed by atoms with Crippen LogP contribution in [0.2, 0.25) is 0 Å². The Hall–Kier alpha value is -2.82. The van der Waals surface area contributed by atoms with Gasteiger partial charge in [-0.3, -0.25) is 9.59 Å². The molecule has 0 radical (unpaired) electrons. The summed E-state index contributed by atoms with van der Waals surface area (Å²) < 4.78 is 10.6. The molecule has 0 aliphatic carbocycles. The number of carbonyl (C=O) groups is 2. The normalized spacial score (nSPS) is 12.9. The smallest absolute Gasteiger partial charge is 0.320 e. The highest BCUT2D eigenvalue weighted by Gasteiger charge is 2.34. The van der Waals surface area contributed by atoms with Crippen LogP contribution in [0.5, 0.6) is 5.75 Å². The number of aliphatic carboxylic acids is 1. The molecule has 2 atom stereocenters. The summed E-state index contributed by atoms with van der Waals surface area (Å²) in [6.45, 7) is 3.97. The molecule has 0 amide bonds. The van der Waals surface area contributed by atoms with Crippen molar-refractivity contribution in [2.24, 2.45) is 5.92 Å². The van der Waals surface area contributed by atoms with Crippen LogP contribution in [-0.2, 0) is 20.9 Å². The van der Waals surface area contributed by atoms with Gasteiger partial charge >= 0.3 is 11.9 Å². The standard InChI is InChI=1S/C20H22O5/c1-3-24-20(23)18(19(21)22)14(2)16-9-11-17(12-10-16)25-13-15-7-5-4-6-8-15/h4-12,14,18H,3,13H2,1-2H3,(H,21,22). The average molecular weight is 342 g/mol. The van der Waals surface area contributed by atoms with Crippen LogP contribution >= 0.6 is 0 Å². The van der Waals surface area contributed by atoms with Crippen LogP contribution in [0, 0.1) is 5.92 Å². The van der Waals surface area contributed by atoms with E-state index in [1.165, 1.54) is 0 Å². The van der Waals surface area contributed by atoms with Gasteiger partial charge in [0.2, 0.25) is 0 Å². The van der Waals surface area contributed by atoms with Crippen molar-refractivity contribution in [1.29, 1.82) is 0 Å². The number of rotatable bonds is 8. The van der Waals surface area contributed by atoms with Gasteiger partial charge in [-0.05, 0) is 30.2 Å². The van der Waals surface area contributed by atoms with Crippen molar-refractivity contribution < 1.29 is 24.2 Å². The first-order chi connectivity index (χ1) is 12.0. The van der Waals surface area contributed by atoms with Crippen LogP contribution in [0.4, 0.5) is 0 Å². The van der Waals surface area contributed by atoms with E-state index in [0.717, 1.165) is 11.1 Å². The SMILES string of the molecule is CCOC(=O)C(C(=O)O)C(C)c1ccc(OCc2ccccc2)cc1. The zero-order chi connectivity index (χ0) is 18.2. The van der Waals surface area contributed by atoms with Gasteiger partial charge in [0.25, 0.3) is 0 Å². The topological polar surface area (TPSA) is 72.8 Å². The van der Waals surface area contributed by atoms with Crippen molar-refractivity contribution in [2.75, 3.05) is 6.61 Å². The molecule has 5 heteroatoms. The summed E-state index contributed by atoms with van der Waals surface area (Å²) in [7, 11) is 0. The third kappa shape index (κ3) is 5.08. The highest BCUT2D eigenvalue weighted by atomic mass is 16.5. The fourth-order valence-corrected chi connectivity index (χ4v) is 2.55. The summed E-state index contributed by atoms with van der Waals surface area (Å²) in [4.78, 5) is 23.3. The van der Waals surface area contributed by atoms with Crippen LogP contribution in [0.15, 0.2) is 54.6 Å². The van der Waals surface area contributed by atoms with Crippen molar-refractivity contribution in [3.63, 3.8) is 0 Å². The van der Waals surface area contributed by atoms with Crippen molar-refractivity contribution in [3.05, 3.63) is 65.7 Å². The monoisotopic (exact) mass is 342 g/mol. The fourth-order valence-electron chi connectivity index (χ4n) is 2.55. The van der Waals surface area contributed by atoms with E-state index >= 15 is 0 Å². The molecule has 0 aliphatic rings. The molecule has 0 aromatic heterocycles. The van der Waals surface area contributed by atoms with Crippen molar-refractivity contribution in [3.8, 4) is 5.75 Å². The number of carboxylic acids is 1. The number of esters is 1. The first kappa shape index (κ1) is 18.5. The molecule has 0 aliphatic heterocycles. The molecule has 0 saturated heterocycles. The van der Waals surface area contributed by atoms with E-state index in [-0.39, 0.29) is 6.61 Å². The maximum absolute atomic E-state index is 11.9. The second-order valence-electron chi connectivity index (χ2n) is 5.70. The maximum Gasteiger partial charge on any atom is 0.320 e. The molecule has 132 valence electrons. The van der Waals surface area contributed by atoms with Gasteiger partial charge in [0.1, 0.15) is 12.4 Å². The molecule has 0 saturated carbocycles. The summed E-state index contributed by atoms with van der Waals surface area (Å²) in [5, 5.41) is 9.34. The Morgan fingerprint density at radius 2 is 1.68 bits per heavy atom. The van der Waals surface area contributed by atoms with Crippen LogP contribution < -0.4 is 4.74 Å². The fraction of sp³-hybridized carbons (Fsp3) is 0.300. The Balaban J connectivity index is 2.04. The number of hydrogen-bond donors (Lipinski definition) is 1. The van der Waals surface area contributed by atoms with E-state index in [2.05, 4.69) is 0 Å². The van der Waals surface area contributed by atoms with Gasteiger partial charge in [-0.15, -0.1) is 0 Å². The van der Waals surface area contributed by atoms with Crippen molar-refractivity contribution >= 4 is 11.9 Å². The average Bonchev–Trinajstić information content (AvgIpc) is 2.61. The third-order valence-electron chi connectivity index (χ3n) is 3.96. The summed E-state index contributed by atoms with van der Waals surface area (Å²) in [5.41, 5.74) is 1.81. The zero-order valence-corrected chi connectivity index (χ0v) is 14.3. The lowest BCUT2D eigenvalue weighted by molar-refractivity contribution is -0.159. The van der Waals surface area contributed by atoms with Crippen molar-refractivity contribution in [1.82, 2.24) is 0 Å². The zero-order valence-electron chi connectivity index (χ0n) is 14.3. The van der Waals surface area contributed by atoms with Gasteiger partial charge in [-0.1, -0.05) is 49.4 Å². The van der Waals surface area contributed by atoms with Crippen LogP contribution in [0.25, 0.3) is 0 Å².